The quantitative estimate of drug-likeness (QED) is 0.189. The van der Waals surface area contributed by atoms with E-state index in [1.165, 1.54) is 66.8 Å². The highest BCUT2D eigenvalue weighted by atomic mass is 14.6. The van der Waals surface area contributed by atoms with Crippen LogP contribution in [0.1, 0.15) is 50.1 Å². The second-order valence-corrected chi connectivity index (χ2v) is 12.6. The van der Waals surface area contributed by atoms with Crippen LogP contribution in [0.2, 0.25) is 0 Å². The molecule has 0 saturated heterocycles. The summed E-state index contributed by atoms with van der Waals surface area (Å²) in [6.45, 7) is 0. The van der Waals surface area contributed by atoms with Gasteiger partial charge in [0, 0.05) is 0 Å². The Morgan fingerprint density at radius 2 is 0.674 bits per heavy atom. The van der Waals surface area contributed by atoms with E-state index in [-0.39, 0.29) is 0 Å². The molecular formula is C45H27N. The van der Waals surface area contributed by atoms with Crippen LogP contribution >= 0.6 is 0 Å². The van der Waals surface area contributed by atoms with Crippen molar-refractivity contribution in [1.82, 2.24) is 0 Å². The fourth-order valence-electron chi connectivity index (χ4n) is 9.24. The molecule has 1 nitrogen and oxygen atoms in total. The topological polar surface area (TPSA) is 23.8 Å². The van der Waals surface area contributed by atoms with Crippen LogP contribution in [0.25, 0.3) is 33.4 Å². The molecular weight excluding hydrogens is 555 g/mol. The van der Waals surface area contributed by atoms with Gasteiger partial charge in [0.05, 0.1) is 22.5 Å². The van der Waals surface area contributed by atoms with Crippen LogP contribution in [0.5, 0.6) is 0 Å². The minimum absolute atomic E-state index is 0.450. The van der Waals surface area contributed by atoms with E-state index in [0.717, 1.165) is 11.1 Å². The third kappa shape index (κ3) is 2.86. The van der Waals surface area contributed by atoms with Crippen molar-refractivity contribution in [3.63, 3.8) is 0 Å². The number of nitrogens with zero attached hydrogens (tertiary/aromatic N) is 1. The summed E-state index contributed by atoms with van der Waals surface area (Å²) in [5, 5.41) is 10.0. The highest BCUT2D eigenvalue weighted by molar-refractivity contribution is 5.94. The van der Waals surface area contributed by atoms with Crippen molar-refractivity contribution >= 4 is 0 Å². The average Bonchev–Trinajstić information content (AvgIpc) is 3.59. The Balaban J connectivity index is 1.39. The summed E-state index contributed by atoms with van der Waals surface area (Å²) in [7, 11) is 0. The van der Waals surface area contributed by atoms with Gasteiger partial charge in [-0.05, 0) is 90.0 Å². The van der Waals surface area contributed by atoms with E-state index in [1.54, 1.807) is 0 Å². The zero-order valence-electron chi connectivity index (χ0n) is 25.0. The molecule has 7 aromatic carbocycles. The molecule has 0 fully saturated rings. The fraction of sp³-hybridized carbons (Fsp3) is 0.0444. The second-order valence-electron chi connectivity index (χ2n) is 12.6. The Morgan fingerprint density at radius 3 is 1.13 bits per heavy atom. The molecule has 0 atom stereocenters. The maximum Gasteiger partial charge on any atom is 0.0998 e. The number of rotatable bonds is 1. The van der Waals surface area contributed by atoms with Crippen molar-refractivity contribution in [3.05, 3.63) is 214 Å². The van der Waals surface area contributed by atoms with Crippen LogP contribution in [0.4, 0.5) is 0 Å². The number of nitriles is 1. The number of benzene rings is 7. The van der Waals surface area contributed by atoms with Gasteiger partial charge in [0.1, 0.15) is 0 Å². The molecule has 0 unspecified atom stereocenters. The molecule has 1 heteroatoms. The maximum absolute atomic E-state index is 10.0. The van der Waals surface area contributed by atoms with E-state index >= 15 is 0 Å². The van der Waals surface area contributed by atoms with E-state index in [0.29, 0.717) is 5.56 Å². The van der Waals surface area contributed by atoms with Gasteiger partial charge in [-0.15, -0.1) is 0 Å². The highest BCUT2D eigenvalue weighted by Crippen LogP contribution is 2.67. The summed E-state index contributed by atoms with van der Waals surface area (Å²) in [6, 6.07) is 62.5. The normalized spacial score (nSPS) is 14.8. The molecule has 46 heavy (non-hydrogen) atoms. The Labute approximate surface area is 268 Å². The van der Waals surface area contributed by atoms with Crippen LogP contribution < -0.4 is 0 Å². The smallest absolute Gasteiger partial charge is 0.0998 e. The molecule has 0 bridgehead atoms. The average molecular weight is 582 g/mol. The van der Waals surface area contributed by atoms with Crippen molar-refractivity contribution < 1.29 is 0 Å². The number of hydrogen-bond donors (Lipinski definition) is 0. The lowest BCUT2D eigenvalue weighted by Crippen LogP contribution is -2.43. The molecule has 0 aromatic heterocycles. The van der Waals surface area contributed by atoms with Crippen molar-refractivity contribution in [2.24, 2.45) is 0 Å². The van der Waals surface area contributed by atoms with Crippen molar-refractivity contribution in [3.8, 4) is 39.4 Å². The minimum atomic E-state index is -0.533. The first-order valence-corrected chi connectivity index (χ1v) is 15.9. The first-order valence-electron chi connectivity index (χ1n) is 15.9. The molecule has 0 N–H and O–H groups in total. The van der Waals surface area contributed by atoms with Gasteiger partial charge in [-0.1, -0.05) is 152 Å². The van der Waals surface area contributed by atoms with Crippen LogP contribution in [0.3, 0.4) is 0 Å². The van der Waals surface area contributed by atoms with Gasteiger partial charge in [0.25, 0.3) is 0 Å². The Hall–Kier alpha value is -5.97. The van der Waals surface area contributed by atoms with Crippen LogP contribution in [-0.2, 0) is 10.8 Å². The van der Waals surface area contributed by atoms with Gasteiger partial charge in [0.2, 0.25) is 0 Å². The lowest BCUT2D eigenvalue weighted by Gasteiger charge is -2.48. The van der Waals surface area contributed by atoms with Gasteiger partial charge >= 0.3 is 0 Å². The summed E-state index contributed by atoms with van der Waals surface area (Å²) in [6.07, 6.45) is 0. The predicted molar refractivity (Wildman–Crippen MR) is 185 cm³/mol. The first kappa shape index (κ1) is 25.4. The van der Waals surface area contributed by atoms with E-state index in [1.807, 2.05) is 18.2 Å². The molecule has 3 aliphatic carbocycles. The summed E-state index contributed by atoms with van der Waals surface area (Å²) in [4.78, 5) is 0. The maximum atomic E-state index is 10.0. The Kier molecular flexibility index (Phi) is 4.98. The molecule has 0 aliphatic heterocycles. The SMILES string of the molecule is N#Cc1ccccc1-c1ccc2c(c1)C1(c3ccccc3-2)c2ccccc2C2(c3ccccc3-c3ccccc32)c2ccccc21. The van der Waals surface area contributed by atoms with Crippen LogP contribution in [0.15, 0.2) is 164 Å². The van der Waals surface area contributed by atoms with Gasteiger partial charge in [-0.3, -0.25) is 0 Å². The zero-order chi connectivity index (χ0) is 30.5. The fourth-order valence-corrected chi connectivity index (χ4v) is 9.24. The minimum Gasteiger partial charge on any atom is -0.192 e. The summed E-state index contributed by atoms with van der Waals surface area (Å²) < 4.78 is 0. The lowest BCUT2D eigenvalue weighted by atomic mass is 9.52. The van der Waals surface area contributed by atoms with E-state index in [2.05, 4.69) is 152 Å². The first-order chi connectivity index (χ1) is 22.8. The molecule has 212 valence electrons. The largest absolute Gasteiger partial charge is 0.192 e. The zero-order valence-corrected chi connectivity index (χ0v) is 25.0. The standard InChI is InChI=1S/C45H27N/c46-28-30-13-1-2-14-31(30)29-25-26-35-34-17-5-8-20-38(34)45(43(35)27-29)41-23-11-9-21-39(41)44(40-22-10-12-24-42(40)45)36-18-6-3-15-32(36)33-16-4-7-19-37(33)44/h1-27H. The summed E-state index contributed by atoms with van der Waals surface area (Å²) in [5.74, 6) is 0. The predicted octanol–water partition coefficient (Wildman–Crippen LogP) is 10.3. The molecule has 0 saturated carbocycles. The Morgan fingerprint density at radius 1 is 0.326 bits per heavy atom. The summed E-state index contributed by atoms with van der Waals surface area (Å²) >= 11 is 0. The molecule has 3 aliphatic rings. The van der Waals surface area contributed by atoms with Crippen molar-refractivity contribution in [1.29, 1.82) is 5.26 Å². The molecule has 0 radical (unpaired) electrons. The van der Waals surface area contributed by atoms with E-state index < -0.39 is 10.8 Å². The molecule has 0 amide bonds. The monoisotopic (exact) mass is 581 g/mol. The van der Waals surface area contributed by atoms with E-state index in [9.17, 15) is 5.26 Å². The number of hydrogen-bond acceptors (Lipinski definition) is 1. The third-order valence-corrected chi connectivity index (χ3v) is 10.8. The van der Waals surface area contributed by atoms with Gasteiger partial charge < -0.3 is 0 Å². The second kappa shape index (κ2) is 9.04. The lowest BCUT2D eigenvalue weighted by molar-refractivity contribution is 0.633. The van der Waals surface area contributed by atoms with Crippen molar-refractivity contribution in [2.75, 3.05) is 0 Å². The van der Waals surface area contributed by atoms with Gasteiger partial charge in [-0.25, -0.2) is 0 Å². The van der Waals surface area contributed by atoms with Crippen molar-refractivity contribution in [2.45, 2.75) is 10.8 Å². The van der Waals surface area contributed by atoms with Crippen LogP contribution in [-0.4, -0.2) is 0 Å². The molecule has 0 heterocycles. The van der Waals surface area contributed by atoms with Crippen LogP contribution in [0, 0.1) is 11.3 Å². The molecule has 7 aromatic rings. The third-order valence-electron chi connectivity index (χ3n) is 10.8. The Bertz CT molecular complexity index is 2360. The van der Waals surface area contributed by atoms with Gasteiger partial charge in [-0.2, -0.15) is 5.26 Å². The number of fused-ring (bicyclic) bond motifs is 16. The molecule has 10 rings (SSSR count). The summed E-state index contributed by atoms with van der Waals surface area (Å²) in [5.41, 5.74) is 17.4. The highest BCUT2D eigenvalue weighted by Gasteiger charge is 2.58. The van der Waals surface area contributed by atoms with E-state index in [4.69, 9.17) is 0 Å². The van der Waals surface area contributed by atoms with Gasteiger partial charge in [0.15, 0.2) is 0 Å². The molecule has 2 spiro atoms.